The fourth-order valence-corrected chi connectivity index (χ4v) is 2.38. The number of carboxylic acid groups (broad SMARTS) is 1. The third kappa shape index (κ3) is 2.16. The Hall–Kier alpha value is -2.62. The van der Waals surface area contributed by atoms with E-state index in [9.17, 15) is 9.18 Å². The van der Waals surface area contributed by atoms with E-state index in [4.69, 9.17) is 5.11 Å². The van der Waals surface area contributed by atoms with Gasteiger partial charge in [-0.25, -0.2) is 9.18 Å². The molecule has 1 aromatic heterocycles. The molecule has 0 fully saturated rings. The molecule has 3 aromatic rings. The second-order valence-electron chi connectivity index (χ2n) is 4.62. The van der Waals surface area contributed by atoms with Gasteiger partial charge in [-0.2, -0.15) is 0 Å². The molecule has 0 radical (unpaired) electrons. The summed E-state index contributed by atoms with van der Waals surface area (Å²) in [6.45, 7) is 0.504. The van der Waals surface area contributed by atoms with Crippen molar-refractivity contribution in [3.8, 4) is 0 Å². The van der Waals surface area contributed by atoms with Crippen LogP contribution in [0.2, 0.25) is 0 Å². The molecule has 0 aliphatic rings. The van der Waals surface area contributed by atoms with Crippen LogP contribution in [0.1, 0.15) is 15.9 Å². The number of hydrogen-bond acceptors (Lipinski definition) is 1. The van der Waals surface area contributed by atoms with Gasteiger partial charge >= 0.3 is 5.97 Å². The molecule has 4 heteroatoms. The lowest BCUT2D eigenvalue weighted by Crippen LogP contribution is -2.00. The molecule has 20 heavy (non-hydrogen) atoms. The fraction of sp³-hybridized carbons (Fsp3) is 0.0625. The molecular formula is C16H12FNO2. The number of benzene rings is 2. The van der Waals surface area contributed by atoms with Gasteiger partial charge in [0.05, 0.1) is 5.56 Å². The molecular weight excluding hydrogens is 257 g/mol. The second kappa shape index (κ2) is 4.81. The summed E-state index contributed by atoms with van der Waals surface area (Å²) in [6.07, 6.45) is 1.82. The number of aromatic carboxylic acids is 1. The minimum atomic E-state index is -0.945. The first kappa shape index (κ1) is 12.4. The standard InChI is InChI=1S/C16H12FNO2/c17-12-4-1-3-11(9-12)10-18-8-7-13-14(16(19)20)5-2-6-15(13)18/h1-9H,10H2,(H,19,20). The molecule has 2 aromatic carbocycles. The van der Waals surface area contributed by atoms with Crippen molar-refractivity contribution in [1.82, 2.24) is 4.57 Å². The van der Waals surface area contributed by atoms with Crippen LogP contribution in [0.15, 0.2) is 54.7 Å². The Balaban J connectivity index is 2.05. The molecule has 1 N–H and O–H groups in total. The fourth-order valence-electron chi connectivity index (χ4n) is 2.38. The monoisotopic (exact) mass is 269 g/mol. The van der Waals surface area contributed by atoms with Crippen molar-refractivity contribution in [3.05, 3.63) is 71.7 Å². The molecule has 100 valence electrons. The van der Waals surface area contributed by atoms with Gasteiger partial charge in [0.15, 0.2) is 0 Å². The van der Waals surface area contributed by atoms with E-state index in [-0.39, 0.29) is 11.4 Å². The van der Waals surface area contributed by atoms with Crippen LogP contribution >= 0.6 is 0 Å². The van der Waals surface area contributed by atoms with Crippen LogP contribution in [0.5, 0.6) is 0 Å². The smallest absolute Gasteiger partial charge is 0.336 e. The third-order valence-electron chi connectivity index (χ3n) is 3.29. The molecule has 1 heterocycles. The molecule has 0 aliphatic carbocycles. The van der Waals surface area contributed by atoms with Crippen LogP contribution in [-0.2, 0) is 6.54 Å². The Kier molecular flexibility index (Phi) is 2.99. The number of rotatable bonds is 3. The van der Waals surface area contributed by atoms with Crippen LogP contribution in [0.3, 0.4) is 0 Å². The van der Waals surface area contributed by atoms with Crippen LogP contribution < -0.4 is 0 Å². The molecule has 3 rings (SSSR count). The average molecular weight is 269 g/mol. The summed E-state index contributed by atoms with van der Waals surface area (Å²) >= 11 is 0. The van der Waals surface area contributed by atoms with Gasteiger partial charge in [-0.3, -0.25) is 0 Å². The van der Waals surface area contributed by atoms with Crippen molar-refractivity contribution in [2.24, 2.45) is 0 Å². The first-order valence-corrected chi connectivity index (χ1v) is 6.21. The largest absolute Gasteiger partial charge is 0.478 e. The van der Waals surface area contributed by atoms with E-state index in [0.29, 0.717) is 11.9 Å². The lowest BCUT2D eigenvalue weighted by molar-refractivity contribution is 0.0699. The molecule has 3 nitrogen and oxygen atoms in total. The van der Waals surface area contributed by atoms with E-state index in [2.05, 4.69) is 0 Å². The van der Waals surface area contributed by atoms with Gasteiger partial charge in [-0.1, -0.05) is 18.2 Å². The zero-order valence-corrected chi connectivity index (χ0v) is 10.6. The van der Waals surface area contributed by atoms with Crippen LogP contribution in [0.4, 0.5) is 4.39 Å². The zero-order chi connectivity index (χ0) is 14.1. The zero-order valence-electron chi connectivity index (χ0n) is 10.6. The van der Waals surface area contributed by atoms with E-state index < -0.39 is 5.97 Å². The SMILES string of the molecule is O=C(O)c1cccc2c1ccn2Cc1cccc(F)c1. The van der Waals surface area contributed by atoms with Crippen molar-refractivity contribution in [3.63, 3.8) is 0 Å². The van der Waals surface area contributed by atoms with Crippen molar-refractivity contribution >= 4 is 16.9 Å². The highest BCUT2D eigenvalue weighted by Crippen LogP contribution is 2.21. The van der Waals surface area contributed by atoms with Gasteiger partial charge in [0, 0.05) is 23.6 Å². The number of carbonyl (C=O) groups is 1. The highest BCUT2D eigenvalue weighted by molar-refractivity contribution is 6.02. The maximum Gasteiger partial charge on any atom is 0.336 e. The molecule has 0 bridgehead atoms. The molecule has 0 atom stereocenters. The number of aromatic nitrogens is 1. The molecule has 0 aliphatic heterocycles. The first-order valence-electron chi connectivity index (χ1n) is 6.21. The number of nitrogens with zero attached hydrogens (tertiary/aromatic N) is 1. The summed E-state index contributed by atoms with van der Waals surface area (Å²) in [4.78, 5) is 11.2. The van der Waals surface area contributed by atoms with Gasteiger partial charge in [-0.05, 0) is 35.9 Å². The van der Waals surface area contributed by atoms with Gasteiger partial charge in [0.25, 0.3) is 0 Å². The van der Waals surface area contributed by atoms with Gasteiger partial charge < -0.3 is 9.67 Å². The molecule has 0 spiro atoms. The number of carboxylic acids is 1. The van der Waals surface area contributed by atoms with Crippen molar-refractivity contribution in [1.29, 1.82) is 0 Å². The van der Waals surface area contributed by atoms with Gasteiger partial charge in [-0.15, -0.1) is 0 Å². The summed E-state index contributed by atoms with van der Waals surface area (Å²) in [6, 6.07) is 13.3. The molecule has 0 saturated heterocycles. The maximum atomic E-state index is 13.2. The lowest BCUT2D eigenvalue weighted by Gasteiger charge is -2.06. The van der Waals surface area contributed by atoms with E-state index in [0.717, 1.165) is 11.1 Å². The topological polar surface area (TPSA) is 42.2 Å². The Bertz CT molecular complexity index is 792. The van der Waals surface area contributed by atoms with E-state index >= 15 is 0 Å². The predicted octanol–water partition coefficient (Wildman–Crippen LogP) is 3.53. The average Bonchev–Trinajstić information content (AvgIpc) is 2.82. The second-order valence-corrected chi connectivity index (χ2v) is 4.62. The Labute approximate surface area is 114 Å². The Morgan fingerprint density at radius 2 is 1.95 bits per heavy atom. The van der Waals surface area contributed by atoms with Gasteiger partial charge in [0.2, 0.25) is 0 Å². The Morgan fingerprint density at radius 3 is 2.70 bits per heavy atom. The van der Waals surface area contributed by atoms with E-state index in [1.54, 1.807) is 24.3 Å². The summed E-state index contributed by atoms with van der Waals surface area (Å²) in [5, 5.41) is 9.85. The van der Waals surface area contributed by atoms with Crippen molar-refractivity contribution in [2.75, 3.05) is 0 Å². The van der Waals surface area contributed by atoms with Crippen molar-refractivity contribution in [2.45, 2.75) is 6.54 Å². The third-order valence-corrected chi connectivity index (χ3v) is 3.29. The highest BCUT2D eigenvalue weighted by Gasteiger charge is 2.10. The minimum Gasteiger partial charge on any atom is -0.478 e. The quantitative estimate of drug-likeness (QED) is 0.790. The van der Waals surface area contributed by atoms with Crippen LogP contribution in [0, 0.1) is 5.82 Å². The number of hydrogen-bond donors (Lipinski definition) is 1. The van der Waals surface area contributed by atoms with E-state index in [1.165, 1.54) is 12.1 Å². The first-order chi connectivity index (χ1) is 9.65. The summed E-state index contributed by atoms with van der Waals surface area (Å²) in [7, 11) is 0. The summed E-state index contributed by atoms with van der Waals surface area (Å²) < 4.78 is 15.1. The molecule has 0 amide bonds. The normalized spacial score (nSPS) is 10.8. The summed E-state index contributed by atoms with van der Waals surface area (Å²) in [5.74, 6) is -1.22. The highest BCUT2D eigenvalue weighted by atomic mass is 19.1. The number of halogens is 1. The van der Waals surface area contributed by atoms with Crippen LogP contribution in [-0.4, -0.2) is 15.6 Å². The lowest BCUT2D eigenvalue weighted by atomic mass is 10.1. The minimum absolute atomic E-state index is 0.273. The number of fused-ring (bicyclic) bond motifs is 1. The van der Waals surface area contributed by atoms with Crippen molar-refractivity contribution < 1.29 is 14.3 Å². The molecule has 0 unspecified atom stereocenters. The summed E-state index contributed by atoms with van der Waals surface area (Å²) in [5.41, 5.74) is 1.94. The predicted molar refractivity (Wildman–Crippen MR) is 74.4 cm³/mol. The maximum absolute atomic E-state index is 13.2. The van der Waals surface area contributed by atoms with Crippen LogP contribution in [0.25, 0.3) is 10.9 Å². The van der Waals surface area contributed by atoms with Gasteiger partial charge in [0.1, 0.15) is 5.82 Å². The Morgan fingerprint density at radius 1 is 1.15 bits per heavy atom. The molecule has 0 saturated carbocycles. The van der Waals surface area contributed by atoms with E-state index in [1.807, 2.05) is 22.9 Å².